The Kier molecular flexibility index (Phi) is 2.80. The lowest BCUT2D eigenvalue weighted by Crippen LogP contribution is -2.00. The summed E-state index contributed by atoms with van der Waals surface area (Å²) in [6.45, 7) is 0. The van der Waals surface area contributed by atoms with E-state index in [2.05, 4.69) is 4.18 Å². The van der Waals surface area contributed by atoms with Crippen LogP contribution in [0.5, 0.6) is 0 Å². The topological polar surface area (TPSA) is 43.4 Å². The summed E-state index contributed by atoms with van der Waals surface area (Å²) in [5.74, 6) is -0.581. The van der Waals surface area contributed by atoms with Gasteiger partial charge in [0.15, 0.2) is 11.9 Å². The van der Waals surface area contributed by atoms with E-state index in [1.165, 1.54) is 0 Å². The maximum atomic E-state index is 10.8. The Bertz CT molecular complexity index is 258. The lowest BCUT2D eigenvalue weighted by molar-refractivity contribution is 0.0763. The van der Waals surface area contributed by atoms with Crippen LogP contribution in [0.15, 0.2) is 30.3 Å². The lowest BCUT2D eigenvalue weighted by Gasteiger charge is -1.93. The number of thiol groups is 1. The van der Waals surface area contributed by atoms with Crippen molar-refractivity contribution in [2.24, 2.45) is 0 Å². The van der Waals surface area contributed by atoms with Crippen molar-refractivity contribution in [2.45, 2.75) is 0 Å². The first-order valence-electron chi connectivity index (χ1n) is 2.93. The minimum Gasteiger partial charge on any atom is -0.362 e. The quantitative estimate of drug-likeness (QED) is 0.664. The molecule has 0 saturated carbocycles. The van der Waals surface area contributed by atoms with E-state index in [0.717, 1.165) is 0 Å². The molecule has 1 aromatic carbocycles. The van der Waals surface area contributed by atoms with Crippen LogP contribution in [0.4, 0.5) is 0 Å². The summed E-state index contributed by atoms with van der Waals surface area (Å²) in [5, 5.41) is 0. The number of hydrogen-bond acceptors (Lipinski definition) is 3. The average Bonchev–Trinajstić information content (AvgIpc) is 2.07. The fourth-order valence-corrected chi connectivity index (χ4v) is 0.834. The van der Waals surface area contributed by atoms with E-state index in [4.69, 9.17) is 0 Å². The van der Waals surface area contributed by atoms with Gasteiger partial charge in [0.1, 0.15) is 0 Å². The highest BCUT2D eigenvalue weighted by atomic mass is 32.2. The molecule has 0 N–H and O–H groups in total. The van der Waals surface area contributed by atoms with Gasteiger partial charge in [-0.05, 0) is 12.1 Å². The molecular weight excluding hydrogens is 164 g/mol. The summed E-state index contributed by atoms with van der Waals surface area (Å²) < 4.78 is 14.0. The molecule has 58 valence electrons. The van der Waals surface area contributed by atoms with E-state index in [9.17, 15) is 9.00 Å². The Labute approximate surface area is 67.7 Å². The van der Waals surface area contributed by atoms with Crippen LogP contribution in [0.25, 0.3) is 0 Å². The molecule has 1 rings (SSSR count). The molecule has 0 fully saturated rings. The molecule has 0 unspecified atom stereocenters. The molecule has 0 aromatic heterocycles. The van der Waals surface area contributed by atoms with Gasteiger partial charge in [-0.1, -0.05) is 18.2 Å². The summed E-state index contributed by atoms with van der Waals surface area (Å²) in [4.78, 5) is 10.8. The third-order valence-corrected chi connectivity index (χ3v) is 1.37. The summed E-state index contributed by atoms with van der Waals surface area (Å²) in [6, 6.07) is 8.38. The molecule has 0 heterocycles. The van der Waals surface area contributed by atoms with Gasteiger partial charge in [-0.2, -0.15) is 0 Å². The second-order valence-corrected chi connectivity index (χ2v) is 2.15. The molecule has 4 heteroatoms. The van der Waals surface area contributed by atoms with Crippen molar-refractivity contribution in [3.05, 3.63) is 35.9 Å². The Balaban J connectivity index is 2.77. The maximum Gasteiger partial charge on any atom is 0.351 e. The number of carbonyl (C=O) groups excluding carboxylic acids is 1. The van der Waals surface area contributed by atoms with E-state index in [-0.39, 0.29) is 0 Å². The van der Waals surface area contributed by atoms with Crippen molar-refractivity contribution < 1.29 is 13.2 Å². The third kappa shape index (κ3) is 2.16. The van der Waals surface area contributed by atoms with Crippen LogP contribution in [0.2, 0.25) is 0 Å². The summed E-state index contributed by atoms with van der Waals surface area (Å²) >= 11 is -0.615. The Hall–Kier alpha value is -1.16. The highest BCUT2D eigenvalue weighted by Gasteiger charge is 2.03. The zero-order valence-electron chi connectivity index (χ0n) is 5.56. The average molecular weight is 170 g/mol. The lowest BCUT2D eigenvalue weighted by atomic mass is 10.2. The van der Waals surface area contributed by atoms with E-state index >= 15 is 0 Å². The molecule has 0 spiro atoms. The van der Waals surface area contributed by atoms with Crippen LogP contribution in [0, 0.1) is 0 Å². The molecule has 3 nitrogen and oxygen atoms in total. The predicted molar refractivity (Wildman–Crippen MR) is 41.4 cm³/mol. The molecular formula is C7H6O3S. The normalized spacial score (nSPS) is 9.09. The van der Waals surface area contributed by atoms with Gasteiger partial charge >= 0.3 is 5.97 Å². The summed E-state index contributed by atoms with van der Waals surface area (Å²) in [7, 11) is 0. The molecule has 0 aliphatic carbocycles. The molecule has 1 aromatic rings. The van der Waals surface area contributed by atoms with Crippen molar-refractivity contribution >= 4 is 17.9 Å². The largest absolute Gasteiger partial charge is 0.362 e. The first kappa shape index (κ1) is 7.94. The second kappa shape index (κ2) is 3.88. The zero-order chi connectivity index (χ0) is 8.10. The Morgan fingerprint density at radius 1 is 1.27 bits per heavy atom. The van der Waals surface area contributed by atoms with Crippen molar-refractivity contribution in [3.8, 4) is 0 Å². The Morgan fingerprint density at radius 2 is 1.91 bits per heavy atom. The number of hydrogen-bond donors (Lipinski definition) is 1. The number of benzene rings is 1. The maximum absolute atomic E-state index is 10.8. The van der Waals surface area contributed by atoms with Crippen LogP contribution in [0.3, 0.4) is 0 Å². The standard InChI is InChI=1S/C7H6O3S/c8-7(10-11-9)6-4-2-1-3-5-6/h1-5,11H. The van der Waals surface area contributed by atoms with Crippen LogP contribution < -0.4 is 0 Å². The zero-order valence-corrected chi connectivity index (χ0v) is 6.45. The molecule has 0 bridgehead atoms. The molecule has 0 saturated heterocycles. The summed E-state index contributed by atoms with van der Waals surface area (Å²) in [5.41, 5.74) is 0.399. The highest BCUT2D eigenvalue weighted by molar-refractivity contribution is 7.60. The Morgan fingerprint density at radius 3 is 2.45 bits per heavy atom. The van der Waals surface area contributed by atoms with Crippen LogP contribution >= 0.6 is 0 Å². The molecule has 11 heavy (non-hydrogen) atoms. The smallest absolute Gasteiger partial charge is 0.351 e. The van der Waals surface area contributed by atoms with Crippen molar-refractivity contribution in [2.75, 3.05) is 0 Å². The monoisotopic (exact) mass is 170 g/mol. The van der Waals surface area contributed by atoms with Gasteiger partial charge in [0.25, 0.3) is 0 Å². The van der Waals surface area contributed by atoms with Gasteiger partial charge < -0.3 is 4.18 Å². The first-order chi connectivity index (χ1) is 5.34. The first-order valence-corrected chi connectivity index (χ1v) is 3.66. The van der Waals surface area contributed by atoms with Gasteiger partial charge in [0.05, 0.1) is 5.56 Å². The number of rotatable bonds is 2. The van der Waals surface area contributed by atoms with Crippen LogP contribution in [0.1, 0.15) is 10.4 Å². The van der Waals surface area contributed by atoms with Crippen molar-refractivity contribution in [1.82, 2.24) is 0 Å². The minimum atomic E-state index is -0.615. The van der Waals surface area contributed by atoms with E-state index in [0.29, 0.717) is 5.56 Å². The summed E-state index contributed by atoms with van der Waals surface area (Å²) in [6.07, 6.45) is 0. The van der Waals surface area contributed by atoms with Crippen molar-refractivity contribution in [3.63, 3.8) is 0 Å². The van der Waals surface area contributed by atoms with Crippen LogP contribution in [-0.2, 0) is 16.1 Å². The van der Waals surface area contributed by atoms with Gasteiger partial charge in [0.2, 0.25) is 0 Å². The highest BCUT2D eigenvalue weighted by Crippen LogP contribution is 1.99. The van der Waals surface area contributed by atoms with Gasteiger partial charge in [-0.3, -0.25) is 0 Å². The fourth-order valence-electron chi connectivity index (χ4n) is 0.661. The minimum absolute atomic E-state index is 0.399. The van der Waals surface area contributed by atoms with Gasteiger partial charge in [-0.25, -0.2) is 9.00 Å². The van der Waals surface area contributed by atoms with Gasteiger partial charge in [-0.15, -0.1) is 0 Å². The molecule has 0 amide bonds. The van der Waals surface area contributed by atoms with Gasteiger partial charge in [0, 0.05) is 0 Å². The molecule has 0 aliphatic rings. The number of carbonyl (C=O) groups is 1. The van der Waals surface area contributed by atoms with E-state index in [1.807, 2.05) is 0 Å². The molecule has 0 aliphatic heterocycles. The SMILES string of the molecule is O=[SH]OC(=O)c1ccccc1. The van der Waals surface area contributed by atoms with Crippen LogP contribution in [-0.4, -0.2) is 10.2 Å². The van der Waals surface area contributed by atoms with E-state index < -0.39 is 17.9 Å². The molecule has 0 radical (unpaired) electrons. The molecule has 0 atom stereocenters. The van der Waals surface area contributed by atoms with Crippen molar-refractivity contribution in [1.29, 1.82) is 0 Å². The predicted octanol–water partition coefficient (Wildman–Crippen LogP) is 0.704. The fraction of sp³-hybridized carbons (Fsp3) is 0. The second-order valence-electron chi connectivity index (χ2n) is 1.82. The third-order valence-electron chi connectivity index (χ3n) is 1.13. The van der Waals surface area contributed by atoms with E-state index in [1.54, 1.807) is 30.3 Å².